The van der Waals surface area contributed by atoms with Crippen LogP contribution in [0, 0.1) is 13.8 Å². The van der Waals surface area contributed by atoms with E-state index in [0.717, 1.165) is 42.3 Å². The van der Waals surface area contributed by atoms with Crippen LogP contribution < -0.4 is 0 Å². The Morgan fingerprint density at radius 3 is 2.53 bits per heavy atom. The van der Waals surface area contributed by atoms with E-state index in [1.54, 1.807) is 14.1 Å². The molecule has 3 rings (SSSR count). The molecule has 1 aliphatic rings. The predicted octanol–water partition coefficient (Wildman–Crippen LogP) is 1.78. The smallest absolute Gasteiger partial charge is 0.475 e. The largest absolute Gasteiger partial charge is 0.490 e. The van der Waals surface area contributed by atoms with E-state index in [1.165, 1.54) is 4.90 Å². The molecule has 32 heavy (non-hydrogen) atoms. The molecule has 178 valence electrons. The van der Waals surface area contributed by atoms with Crippen molar-refractivity contribution in [3.05, 3.63) is 35.0 Å². The maximum atomic E-state index is 11.7. The molecule has 0 radical (unpaired) electrons. The highest BCUT2D eigenvalue weighted by Gasteiger charge is 2.38. The van der Waals surface area contributed by atoms with Crippen LogP contribution in [0.5, 0.6) is 0 Å². The predicted molar refractivity (Wildman–Crippen MR) is 105 cm³/mol. The number of aliphatic carboxylic acids is 1. The third kappa shape index (κ3) is 6.79. The van der Waals surface area contributed by atoms with Crippen molar-refractivity contribution in [2.24, 2.45) is 0 Å². The minimum absolute atomic E-state index is 0.0379. The standard InChI is InChI=1S/C17H25N5O3.C2HF3O2/c1-12-16(13(2)25-19-12)9-21-7-14-5-6-18-22(14)15(8-21)10-24-11-17(23)20(3)4;3-2(4,5)1(6)7/h5-6,15H,7-11H2,1-4H3;(H,6,7). The lowest BCUT2D eigenvalue weighted by molar-refractivity contribution is -0.192. The maximum absolute atomic E-state index is 11.7. The van der Waals surface area contributed by atoms with Crippen molar-refractivity contribution in [2.75, 3.05) is 33.9 Å². The van der Waals surface area contributed by atoms with Gasteiger partial charge in [-0.2, -0.15) is 18.3 Å². The van der Waals surface area contributed by atoms with Gasteiger partial charge in [-0.25, -0.2) is 4.79 Å². The highest BCUT2D eigenvalue weighted by Crippen LogP contribution is 2.24. The number of carboxylic acids is 1. The zero-order chi connectivity index (χ0) is 24.1. The Balaban J connectivity index is 0.000000451. The molecule has 1 atom stereocenters. The fourth-order valence-electron chi connectivity index (χ4n) is 3.07. The summed E-state index contributed by atoms with van der Waals surface area (Å²) in [7, 11) is 3.45. The number of rotatable bonds is 6. The van der Waals surface area contributed by atoms with Gasteiger partial charge in [-0.05, 0) is 19.9 Å². The van der Waals surface area contributed by atoms with Crippen molar-refractivity contribution in [3.8, 4) is 0 Å². The summed E-state index contributed by atoms with van der Waals surface area (Å²) in [6.07, 6.45) is -3.27. The van der Waals surface area contributed by atoms with Crippen LogP contribution >= 0.6 is 0 Å². The third-order valence-electron chi connectivity index (χ3n) is 4.79. The number of ether oxygens (including phenoxy) is 1. The molecule has 13 heteroatoms. The Morgan fingerprint density at radius 1 is 1.34 bits per heavy atom. The van der Waals surface area contributed by atoms with Crippen LogP contribution in [-0.4, -0.2) is 81.8 Å². The number of aromatic nitrogens is 3. The fraction of sp³-hybridized carbons (Fsp3) is 0.579. The first-order valence-corrected chi connectivity index (χ1v) is 9.64. The van der Waals surface area contributed by atoms with E-state index in [1.807, 2.05) is 30.8 Å². The normalized spacial score (nSPS) is 16.2. The molecule has 0 spiro atoms. The number of hydrogen-bond acceptors (Lipinski definition) is 7. The number of alkyl halides is 3. The van der Waals surface area contributed by atoms with Gasteiger partial charge in [0.05, 0.1) is 24.0 Å². The summed E-state index contributed by atoms with van der Waals surface area (Å²) in [5.41, 5.74) is 3.21. The van der Waals surface area contributed by atoms with Crippen LogP contribution in [0.4, 0.5) is 13.2 Å². The molecule has 1 N–H and O–H groups in total. The second-order valence-electron chi connectivity index (χ2n) is 7.50. The average Bonchev–Trinajstić information content (AvgIpc) is 3.29. The Kier molecular flexibility index (Phi) is 8.38. The molecule has 2 aromatic rings. The molecule has 3 heterocycles. The monoisotopic (exact) mass is 461 g/mol. The first-order chi connectivity index (χ1) is 14.9. The molecule has 0 fully saturated rings. The number of carboxylic acid groups (broad SMARTS) is 1. The maximum Gasteiger partial charge on any atom is 0.490 e. The van der Waals surface area contributed by atoms with Crippen molar-refractivity contribution in [1.29, 1.82) is 0 Å². The number of likely N-dealkylation sites (N-methyl/N-ethyl adjacent to an activating group) is 1. The average molecular weight is 461 g/mol. The molecule has 0 bridgehead atoms. The minimum atomic E-state index is -5.08. The number of hydrogen-bond donors (Lipinski definition) is 1. The number of amides is 1. The Labute approximate surface area is 182 Å². The Morgan fingerprint density at radius 2 is 2.00 bits per heavy atom. The van der Waals surface area contributed by atoms with Gasteiger partial charge in [-0.3, -0.25) is 14.4 Å². The summed E-state index contributed by atoms with van der Waals surface area (Å²) in [5.74, 6) is -1.93. The molecule has 1 unspecified atom stereocenters. The molecule has 0 aliphatic carbocycles. The van der Waals surface area contributed by atoms with Gasteiger partial charge < -0.3 is 19.3 Å². The van der Waals surface area contributed by atoms with E-state index in [9.17, 15) is 18.0 Å². The zero-order valence-corrected chi connectivity index (χ0v) is 18.2. The van der Waals surface area contributed by atoms with Gasteiger partial charge in [-0.1, -0.05) is 5.16 Å². The topological polar surface area (TPSA) is 114 Å². The lowest BCUT2D eigenvalue weighted by Crippen LogP contribution is -2.39. The number of aryl methyl sites for hydroxylation is 2. The van der Waals surface area contributed by atoms with E-state index in [0.29, 0.717) is 6.61 Å². The number of carbonyl (C=O) groups excluding carboxylic acids is 1. The molecular formula is C19H26F3N5O5. The molecule has 10 nitrogen and oxygen atoms in total. The summed E-state index contributed by atoms with van der Waals surface area (Å²) in [4.78, 5) is 24.4. The van der Waals surface area contributed by atoms with Crippen LogP contribution in [0.3, 0.4) is 0 Å². The van der Waals surface area contributed by atoms with Crippen LogP contribution in [0.1, 0.15) is 28.8 Å². The van der Waals surface area contributed by atoms with Crippen LogP contribution in [0.25, 0.3) is 0 Å². The summed E-state index contributed by atoms with van der Waals surface area (Å²) in [6.45, 7) is 6.84. The van der Waals surface area contributed by atoms with Crippen LogP contribution in [0.15, 0.2) is 16.8 Å². The fourth-order valence-corrected chi connectivity index (χ4v) is 3.07. The van der Waals surface area contributed by atoms with Gasteiger partial charge in [0.2, 0.25) is 5.91 Å². The number of fused-ring (bicyclic) bond motifs is 1. The third-order valence-corrected chi connectivity index (χ3v) is 4.79. The van der Waals surface area contributed by atoms with Crippen molar-refractivity contribution >= 4 is 11.9 Å². The van der Waals surface area contributed by atoms with Gasteiger partial charge >= 0.3 is 12.1 Å². The van der Waals surface area contributed by atoms with Gasteiger partial charge in [0.25, 0.3) is 0 Å². The molecule has 1 amide bonds. The van der Waals surface area contributed by atoms with E-state index in [4.69, 9.17) is 19.2 Å². The van der Waals surface area contributed by atoms with Gasteiger partial charge in [0.1, 0.15) is 12.4 Å². The first kappa shape index (κ1) is 25.3. The molecular weight excluding hydrogens is 435 g/mol. The SMILES string of the molecule is Cc1noc(C)c1CN1Cc2ccnn2C(COCC(=O)N(C)C)C1.O=C(O)C(F)(F)F. The summed E-state index contributed by atoms with van der Waals surface area (Å²) in [6, 6.07) is 2.10. The first-order valence-electron chi connectivity index (χ1n) is 9.64. The minimum Gasteiger partial charge on any atom is -0.475 e. The molecule has 1 aliphatic heterocycles. The van der Waals surface area contributed by atoms with Crippen molar-refractivity contribution in [3.63, 3.8) is 0 Å². The second-order valence-corrected chi connectivity index (χ2v) is 7.50. The van der Waals surface area contributed by atoms with Gasteiger partial charge in [0, 0.05) is 45.5 Å². The van der Waals surface area contributed by atoms with Crippen LogP contribution in [-0.2, 0) is 27.4 Å². The molecule has 0 aromatic carbocycles. The molecule has 0 saturated carbocycles. The zero-order valence-electron chi connectivity index (χ0n) is 18.2. The quantitative estimate of drug-likeness (QED) is 0.693. The van der Waals surface area contributed by atoms with E-state index >= 15 is 0 Å². The van der Waals surface area contributed by atoms with Crippen molar-refractivity contribution < 1.29 is 37.1 Å². The molecule has 0 saturated heterocycles. The number of carbonyl (C=O) groups is 2. The summed E-state index contributed by atoms with van der Waals surface area (Å²) in [5, 5.41) is 15.6. The Bertz CT molecular complexity index is 905. The second kappa shape index (κ2) is 10.6. The van der Waals surface area contributed by atoms with E-state index in [2.05, 4.69) is 15.2 Å². The highest BCUT2D eigenvalue weighted by molar-refractivity contribution is 5.76. The van der Waals surface area contributed by atoms with Gasteiger partial charge in [0.15, 0.2) is 0 Å². The lowest BCUT2D eigenvalue weighted by Gasteiger charge is -2.33. The lowest BCUT2D eigenvalue weighted by atomic mass is 10.1. The number of halogens is 3. The van der Waals surface area contributed by atoms with Gasteiger partial charge in [-0.15, -0.1) is 0 Å². The van der Waals surface area contributed by atoms with Crippen LogP contribution in [0.2, 0.25) is 0 Å². The summed E-state index contributed by atoms with van der Waals surface area (Å²) >= 11 is 0. The van der Waals surface area contributed by atoms with E-state index < -0.39 is 12.1 Å². The Hall–Kier alpha value is -2.93. The molecule has 2 aromatic heterocycles. The van der Waals surface area contributed by atoms with E-state index in [-0.39, 0.29) is 18.6 Å². The van der Waals surface area contributed by atoms with Crippen molar-refractivity contribution in [1.82, 2.24) is 24.7 Å². The number of nitrogens with zero attached hydrogens (tertiary/aromatic N) is 5. The highest BCUT2D eigenvalue weighted by atomic mass is 19.4. The summed E-state index contributed by atoms with van der Waals surface area (Å²) < 4.78 is 44.7. The van der Waals surface area contributed by atoms with Crippen molar-refractivity contribution in [2.45, 2.75) is 39.2 Å².